The first-order valence-electron chi connectivity index (χ1n) is 12.0. The Labute approximate surface area is 214 Å². The maximum Gasteiger partial charge on any atom is 0.164 e. The molecule has 0 atom stereocenters. The number of anilines is 1. The molecular formula is C25H27N9O3-. The molecule has 0 unspecified atom stereocenters. The van der Waals surface area contributed by atoms with Crippen molar-refractivity contribution in [3.05, 3.63) is 66.0 Å². The van der Waals surface area contributed by atoms with Crippen LogP contribution in [-0.4, -0.2) is 74.1 Å². The Balaban J connectivity index is 1.21. The van der Waals surface area contributed by atoms with Crippen molar-refractivity contribution in [3.8, 4) is 28.5 Å². The number of hydrogen-bond acceptors (Lipinski definition) is 10. The summed E-state index contributed by atoms with van der Waals surface area (Å²) >= 11 is 0. The Bertz CT molecular complexity index is 1310. The van der Waals surface area contributed by atoms with Crippen molar-refractivity contribution in [2.45, 2.75) is 6.54 Å². The molecule has 12 heteroatoms. The molecule has 0 amide bonds. The molecule has 37 heavy (non-hydrogen) atoms. The zero-order valence-corrected chi connectivity index (χ0v) is 20.4. The summed E-state index contributed by atoms with van der Waals surface area (Å²) in [5.74, 6) is 2.04. The van der Waals surface area contributed by atoms with Gasteiger partial charge in [-0.3, -0.25) is 9.58 Å². The third-order valence-electron chi connectivity index (χ3n) is 5.88. The van der Waals surface area contributed by atoms with Gasteiger partial charge in [-0.25, -0.2) is 19.9 Å². The van der Waals surface area contributed by atoms with Gasteiger partial charge in [0.15, 0.2) is 23.2 Å². The standard InChI is InChI=1S/C25H27N9O3/c1-33-17-20(13-30-33)24-29-16-22(32-35)25(31-24)26-12-18-3-2-4-19(11-18)23-27-14-21(15-28-23)37-10-7-34-5-8-36-9-6-34/h2-4,11,13-17H,5-10,12H2,1H3,(H,26,29,31)/q-1. The fourth-order valence-electron chi connectivity index (χ4n) is 3.91. The first-order chi connectivity index (χ1) is 18.2. The van der Waals surface area contributed by atoms with Gasteiger partial charge in [0.05, 0.1) is 43.6 Å². The van der Waals surface area contributed by atoms with Crippen LogP contribution in [0.3, 0.4) is 0 Å². The highest BCUT2D eigenvalue weighted by Gasteiger charge is 2.11. The van der Waals surface area contributed by atoms with E-state index in [0.717, 1.165) is 49.5 Å². The lowest BCUT2D eigenvalue weighted by molar-refractivity contribution is 0.0322. The predicted octanol–water partition coefficient (Wildman–Crippen LogP) is 2.39. The molecule has 12 nitrogen and oxygen atoms in total. The minimum atomic E-state index is 0.135. The molecule has 0 saturated carbocycles. The highest BCUT2D eigenvalue weighted by Crippen LogP contribution is 2.24. The minimum absolute atomic E-state index is 0.135. The number of hydrogen-bond donors (Lipinski definition) is 1. The van der Waals surface area contributed by atoms with E-state index in [1.807, 2.05) is 31.3 Å². The van der Waals surface area contributed by atoms with Crippen LogP contribution < -0.4 is 15.5 Å². The van der Waals surface area contributed by atoms with Crippen molar-refractivity contribution in [1.82, 2.24) is 40.1 Å². The van der Waals surface area contributed by atoms with Gasteiger partial charge in [0.2, 0.25) is 0 Å². The van der Waals surface area contributed by atoms with Gasteiger partial charge in [-0.1, -0.05) is 18.2 Å². The van der Waals surface area contributed by atoms with E-state index in [-0.39, 0.29) is 5.69 Å². The number of benzene rings is 1. The molecule has 1 aliphatic heterocycles. The lowest BCUT2D eigenvalue weighted by Gasteiger charge is -2.26. The van der Waals surface area contributed by atoms with Crippen LogP contribution >= 0.6 is 0 Å². The van der Waals surface area contributed by atoms with E-state index in [9.17, 15) is 5.21 Å². The Morgan fingerprint density at radius 1 is 1.05 bits per heavy atom. The first kappa shape index (κ1) is 24.6. The smallest absolute Gasteiger partial charge is 0.164 e. The Morgan fingerprint density at radius 3 is 2.62 bits per heavy atom. The highest BCUT2D eigenvalue weighted by molar-refractivity contribution is 5.64. The molecule has 5 rings (SSSR count). The second kappa shape index (κ2) is 11.7. The number of aromatic nitrogens is 6. The summed E-state index contributed by atoms with van der Waals surface area (Å²) in [6.07, 6.45) is 8.25. The molecule has 191 valence electrons. The Morgan fingerprint density at radius 2 is 1.86 bits per heavy atom. The number of nitrogens with zero attached hydrogens (tertiary/aromatic N) is 8. The topological polar surface area (TPSA) is 140 Å². The average molecular weight is 502 g/mol. The van der Waals surface area contributed by atoms with E-state index in [1.165, 1.54) is 6.20 Å². The van der Waals surface area contributed by atoms with Gasteiger partial charge < -0.3 is 25.5 Å². The lowest BCUT2D eigenvalue weighted by atomic mass is 10.1. The maximum absolute atomic E-state index is 11.3. The average Bonchev–Trinajstić information content (AvgIpc) is 3.39. The first-order valence-corrected chi connectivity index (χ1v) is 12.0. The predicted molar refractivity (Wildman–Crippen MR) is 137 cm³/mol. The van der Waals surface area contributed by atoms with Crippen LogP contribution in [0, 0.1) is 5.21 Å². The van der Waals surface area contributed by atoms with Crippen molar-refractivity contribution in [2.24, 2.45) is 7.05 Å². The van der Waals surface area contributed by atoms with Crippen LogP contribution in [0.25, 0.3) is 22.8 Å². The van der Waals surface area contributed by atoms with Crippen molar-refractivity contribution in [2.75, 3.05) is 44.8 Å². The van der Waals surface area contributed by atoms with Gasteiger partial charge >= 0.3 is 0 Å². The molecule has 1 saturated heterocycles. The van der Waals surface area contributed by atoms with Crippen LogP contribution in [0.4, 0.5) is 11.5 Å². The van der Waals surface area contributed by atoms with Gasteiger partial charge in [0, 0.05) is 45.0 Å². The van der Waals surface area contributed by atoms with E-state index in [1.54, 1.807) is 29.5 Å². The van der Waals surface area contributed by atoms with E-state index in [4.69, 9.17) is 9.47 Å². The van der Waals surface area contributed by atoms with Crippen molar-refractivity contribution in [3.63, 3.8) is 0 Å². The summed E-state index contributed by atoms with van der Waals surface area (Å²) in [6.45, 7) is 5.24. The molecule has 0 aliphatic carbocycles. The van der Waals surface area contributed by atoms with Crippen molar-refractivity contribution in [1.29, 1.82) is 0 Å². The number of nitrogens with one attached hydrogen (secondary N) is 1. The number of ether oxygens (including phenoxy) is 2. The van der Waals surface area contributed by atoms with Gasteiger partial charge in [0.25, 0.3) is 0 Å². The van der Waals surface area contributed by atoms with Crippen LogP contribution in [0.5, 0.6) is 5.75 Å². The molecule has 1 N–H and O–H groups in total. The van der Waals surface area contributed by atoms with E-state index in [2.05, 4.69) is 40.7 Å². The number of rotatable bonds is 10. The fraction of sp³-hybridized carbons (Fsp3) is 0.320. The Kier molecular flexibility index (Phi) is 7.79. The third kappa shape index (κ3) is 6.36. The molecule has 0 spiro atoms. The molecular weight excluding hydrogens is 474 g/mol. The van der Waals surface area contributed by atoms with E-state index < -0.39 is 0 Å². The van der Waals surface area contributed by atoms with Gasteiger partial charge in [-0.2, -0.15) is 5.10 Å². The van der Waals surface area contributed by atoms with Crippen molar-refractivity contribution < 1.29 is 9.47 Å². The molecule has 3 aromatic heterocycles. The molecule has 0 bridgehead atoms. The third-order valence-corrected chi connectivity index (χ3v) is 5.88. The summed E-state index contributed by atoms with van der Waals surface area (Å²) in [7, 11) is 1.81. The molecule has 4 heterocycles. The Hall–Kier alpha value is -4.13. The second-order valence-corrected chi connectivity index (χ2v) is 8.52. The molecule has 4 aromatic rings. The van der Waals surface area contributed by atoms with Gasteiger partial charge in [-0.15, -0.1) is 0 Å². The normalized spacial score (nSPS) is 13.9. The summed E-state index contributed by atoms with van der Waals surface area (Å²) in [5, 5.41) is 18.6. The summed E-state index contributed by atoms with van der Waals surface area (Å²) < 4.78 is 12.8. The molecule has 1 radical (unpaired) electrons. The van der Waals surface area contributed by atoms with Crippen LogP contribution in [0.1, 0.15) is 5.56 Å². The van der Waals surface area contributed by atoms with Gasteiger partial charge in [-0.05, 0) is 11.6 Å². The van der Waals surface area contributed by atoms with Gasteiger partial charge in [0.1, 0.15) is 12.3 Å². The van der Waals surface area contributed by atoms with Crippen LogP contribution in [0.2, 0.25) is 0 Å². The van der Waals surface area contributed by atoms with E-state index in [0.29, 0.717) is 36.4 Å². The van der Waals surface area contributed by atoms with Crippen molar-refractivity contribution >= 4 is 11.5 Å². The summed E-state index contributed by atoms with van der Waals surface area (Å²) in [5.41, 5.74) is 5.76. The number of morpholine rings is 1. The maximum atomic E-state index is 11.3. The fourth-order valence-corrected chi connectivity index (χ4v) is 3.91. The van der Waals surface area contributed by atoms with Crippen LogP contribution in [-0.2, 0) is 18.3 Å². The molecule has 1 aromatic carbocycles. The minimum Gasteiger partial charge on any atom is -0.739 e. The quantitative estimate of drug-likeness (QED) is 0.322. The number of aryl methyl sites for hydroxylation is 1. The van der Waals surface area contributed by atoms with Crippen LogP contribution in [0.15, 0.2) is 55.2 Å². The molecule has 1 fully saturated rings. The van der Waals surface area contributed by atoms with E-state index >= 15 is 0 Å². The summed E-state index contributed by atoms with van der Waals surface area (Å²) in [4.78, 5) is 19.9. The zero-order chi connectivity index (χ0) is 25.5. The second-order valence-electron chi connectivity index (χ2n) is 8.52. The monoisotopic (exact) mass is 501 g/mol. The largest absolute Gasteiger partial charge is 0.739 e. The lowest BCUT2D eigenvalue weighted by Crippen LogP contribution is -2.38. The summed E-state index contributed by atoms with van der Waals surface area (Å²) in [6, 6.07) is 7.83. The molecule has 1 aliphatic rings. The zero-order valence-electron chi connectivity index (χ0n) is 20.4. The highest BCUT2D eigenvalue weighted by atomic mass is 16.5. The SMILES string of the molecule is Cn1cc(-c2ncc([N][O-])c(NCc3cccc(-c4ncc(OCCN5CCOCC5)cn4)c3)n2)cn1.